The summed E-state index contributed by atoms with van der Waals surface area (Å²) < 4.78 is 11.9. The molecule has 6 nitrogen and oxygen atoms in total. The van der Waals surface area contributed by atoms with E-state index in [1.807, 2.05) is 0 Å². The van der Waals surface area contributed by atoms with Crippen molar-refractivity contribution in [2.75, 3.05) is 12.8 Å². The molecule has 0 fully saturated rings. The van der Waals surface area contributed by atoms with Crippen LogP contribution in [0.5, 0.6) is 11.5 Å². The highest BCUT2D eigenvalue weighted by molar-refractivity contribution is 5.90. The summed E-state index contributed by atoms with van der Waals surface area (Å²) in [7, 11) is 1.44. The lowest BCUT2D eigenvalue weighted by Gasteiger charge is -2.16. The minimum absolute atomic E-state index is 0.0826. The van der Waals surface area contributed by atoms with Crippen molar-refractivity contribution in [2.45, 2.75) is 52.0 Å². The van der Waals surface area contributed by atoms with Crippen LogP contribution in [0.3, 0.4) is 0 Å². The van der Waals surface area contributed by atoms with E-state index in [1.54, 1.807) is 22.8 Å². The molecule has 0 radical (unpaired) electrons. The van der Waals surface area contributed by atoms with Crippen LogP contribution in [0.2, 0.25) is 0 Å². The SMILES string of the molecule is CCCCCCCCn1c(=O)c(OC=O)c(OC)c2ccc(N)cc21. The highest BCUT2D eigenvalue weighted by Crippen LogP contribution is 2.33. The third-order valence-electron chi connectivity index (χ3n) is 4.31. The summed E-state index contributed by atoms with van der Waals surface area (Å²) in [6.45, 7) is 2.98. The summed E-state index contributed by atoms with van der Waals surface area (Å²) in [6, 6.07) is 5.26. The molecule has 0 bridgehead atoms. The van der Waals surface area contributed by atoms with Crippen LogP contribution in [0.15, 0.2) is 23.0 Å². The number of benzene rings is 1. The lowest BCUT2D eigenvalue weighted by molar-refractivity contribution is -0.120. The van der Waals surface area contributed by atoms with Crippen molar-refractivity contribution in [2.24, 2.45) is 0 Å². The number of nitrogens with zero attached hydrogens (tertiary/aromatic N) is 1. The molecule has 1 heterocycles. The molecular weight excluding hydrogens is 320 g/mol. The second-order valence-electron chi connectivity index (χ2n) is 6.08. The number of pyridine rings is 1. The standard InChI is InChI=1S/C19H26N2O4/c1-3-4-5-6-7-8-11-21-16-12-14(20)9-10-15(16)17(24-2)18(19(21)23)25-13-22/h9-10,12-13H,3-8,11,20H2,1-2H3. The van der Waals surface area contributed by atoms with Gasteiger partial charge in [-0.1, -0.05) is 39.0 Å². The molecule has 0 aliphatic carbocycles. The number of carbonyl (C=O) groups excluding carboxylic acids is 1. The van der Waals surface area contributed by atoms with Gasteiger partial charge in [-0.3, -0.25) is 9.59 Å². The number of rotatable bonds is 10. The van der Waals surface area contributed by atoms with E-state index in [-0.39, 0.29) is 23.5 Å². The van der Waals surface area contributed by atoms with Crippen LogP contribution in [-0.4, -0.2) is 18.1 Å². The Morgan fingerprint density at radius 3 is 2.52 bits per heavy atom. The van der Waals surface area contributed by atoms with Crippen molar-refractivity contribution in [1.29, 1.82) is 0 Å². The molecule has 2 rings (SSSR count). The fraction of sp³-hybridized carbons (Fsp3) is 0.474. The fourth-order valence-corrected chi connectivity index (χ4v) is 3.04. The van der Waals surface area contributed by atoms with Crippen LogP contribution in [0.25, 0.3) is 10.9 Å². The van der Waals surface area contributed by atoms with Crippen LogP contribution >= 0.6 is 0 Å². The molecule has 1 aromatic heterocycles. The van der Waals surface area contributed by atoms with Gasteiger partial charge in [-0.25, -0.2) is 0 Å². The Hall–Kier alpha value is -2.50. The summed E-state index contributed by atoms with van der Waals surface area (Å²) in [5.74, 6) is 0.173. The fourth-order valence-electron chi connectivity index (χ4n) is 3.04. The van der Waals surface area contributed by atoms with E-state index in [0.717, 1.165) is 19.3 Å². The molecule has 0 saturated carbocycles. The number of ether oxygens (including phenoxy) is 2. The van der Waals surface area contributed by atoms with Gasteiger partial charge in [-0.15, -0.1) is 0 Å². The van der Waals surface area contributed by atoms with Gasteiger partial charge < -0.3 is 19.8 Å². The monoisotopic (exact) mass is 346 g/mol. The Labute approximate surface area is 147 Å². The van der Waals surface area contributed by atoms with Gasteiger partial charge in [0.25, 0.3) is 12.0 Å². The number of anilines is 1. The zero-order chi connectivity index (χ0) is 18.2. The van der Waals surface area contributed by atoms with E-state index in [1.165, 1.54) is 26.4 Å². The van der Waals surface area contributed by atoms with Crippen LogP contribution in [0.4, 0.5) is 5.69 Å². The zero-order valence-electron chi connectivity index (χ0n) is 14.9. The lowest BCUT2D eigenvalue weighted by Crippen LogP contribution is -2.23. The molecular formula is C19H26N2O4. The van der Waals surface area contributed by atoms with E-state index in [0.29, 0.717) is 23.1 Å². The highest BCUT2D eigenvalue weighted by atomic mass is 16.5. The number of unbranched alkanes of at least 4 members (excludes halogenated alkanes) is 5. The Kier molecular flexibility index (Phi) is 6.86. The summed E-state index contributed by atoms with van der Waals surface area (Å²) in [5, 5.41) is 0.694. The first-order valence-electron chi connectivity index (χ1n) is 8.74. The Bertz CT molecular complexity index is 783. The molecule has 2 N–H and O–H groups in total. The van der Waals surface area contributed by atoms with E-state index in [2.05, 4.69) is 6.92 Å². The normalized spacial score (nSPS) is 10.8. The number of fused-ring (bicyclic) bond motifs is 1. The second-order valence-corrected chi connectivity index (χ2v) is 6.08. The summed E-state index contributed by atoms with van der Waals surface area (Å²) >= 11 is 0. The molecule has 1 aromatic carbocycles. The number of methoxy groups -OCH3 is 1. The van der Waals surface area contributed by atoms with E-state index in [4.69, 9.17) is 15.2 Å². The van der Waals surface area contributed by atoms with Gasteiger partial charge in [-0.2, -0.15) is 0 Å². The maximum Gasteiger partial charge on any atom is 0.298 e. The van der Waals surface area contributed by atoms with Gasteiger partial charge in [0.1, 0.15) is 0 Å². The van der Waals surface area contributed by atoms with Crippen molar-refractivity contribution in [3.63, 3.8) is 0 Å². The van der Waals surface area contributed by atoms with Crippen molar-refractivity contribution >= 4 is 23.1 Å². The smallest absolute Gasteiger partial charge is 0.298 e. The van der Waals surface area contributed by atoms with E-state index in [9.17, 15) is 9.59 Å². The predicted molar refractivity (Wildman–Crippen MR) is 99.2 cm³/mol. The zero-order valence-corrected chi connectivity index (χ0v) is 14.9. The molecule has 0 spiro atoms. The Balaban J connectivity index is 2.39. The number of aryl methyl sites for hydroxylation is 1. The summed E-state index contributed by atoms with van der Waals surface area (Å²) in [6.07, 6.45) is 6.72. The Morgan fingerprint density at radius 1 is 1.12 bits per heavy atom. The third-order valence-corrected chi connectivity index (χ3v) is 4.31. The third kappa shape index (κ3) is 4.32. The predicted octanol–water partition coefficient (Wildman–Crippen LogP) is 3.49. The van der Waals surface area contributed by atoms with Gasteiger partial charge in [0.05, 0.1) is 12.6 Å². The van der Waals surface area contributed by atoms with Crippen molar-refractivity contribution < 1.29 is 14.3 Å². The first kappa shape index (κ1) is 18.8. The number of nitrogens with two attached hydrogens (primary N) is 1. The molecule has 0 atom stereocenters. The first-order chi connectivity index (χ1) is 12.1. The minimum Gasteiger partial charge on any atom is -0.492 e. The quantitative estimate of drug-likeness (QED) is 0.404. The first-order valence-corrected chi connectivity index (χ1v) is 8.74. The molecule has 0 unspecified atom stereocenters. The van der Waals surface area contributed by atoms with Gasteiger partial charge >= 0.3 is 0 Å². The Morgan fingerprint density at radius 2 is 1.84 bits per heavy atom. The largest absolute Gasteiger partial charge is 0.492 e. The van der Waals surface area contributed by atoms with Crippen LogP contribution in [0.1, 0.15) is 45.4 Å². The average Bonchev–Trinajstić information content (AvgIpc) is 2.61. The van der Waals surface area contributed by atoms with Crippen molar-refractivity contribution in [1.82, 2.24) is 4.57 Å². The van der Waals surface area contributed by atoms with E-state index >= 15 is 0 Å². The van der Waals surface area contributed by atoms with Crippen LogP contribution in [-0.2, 0) is 11.3 Å². The second kappa shape index (κ2) is 9.11. The maximum atomic E-state index is 12.8. The van der Waals surface area contributed by atoms with Crippen LogP contribution in [0, 0.1) is 0 Å². The number of carbonyl (C=O) groups is 1. The summed E-state index contributed by atoms with van der Waals surface area (Å²) in [4.78, 5) is 23.6. The molecule has 0 amide bonds. The maximum absolute atomic E-state index is 12.8. The molecule has 25 heavy (non-hydrogen) atoms. The van der Waals surface area contributed by atoms with Gasteiger partial charge in [0.2, 0.25) is 5.75 Å². The highest BCUT2D eigenvalue weighted by Gasteiger charge is 2.19. The van der Waals surface area contributed by atoms with E-state index < -0.39 is 0 Å². The average molecular weight is 346 g/mol. The van der Waals surface area contributed by atoms with Crippen molar-refractivity contribution in [3.8, 4) is 11.5 Å². The molecule has 0 aliphatic heterocycles. The van der Waals surface area contributed by atoms with Gasteiger partial charge in [-0.05, 0) is 24.6 Å². The van der Waals surface area contributed by atoms with Crippen molar-refractivity contribution in [3.05, 3.63) is 28.6 Å². The molecule has 6 heteroatoms. The number of hydrogen-bond donors (Lipinski definition) is 1. The molecule has 0 aliphatic rings. The van der Waals surface area contributed by atoms with Crippen LogP contribution < -0.4 is 20.8 Å². The number of aromatic nitrogens is 1. The molecule has 0 saturated heterocycles. The number of nitrogen functional groups attached to an aromatic ring is 1. The lowest BCUT2D eigenvalue weighted by atomic mass is 10.1. The number of hydrogen-bond acceptors (Lipinski definition) is 5. The molecule has 136 valence electrons. The minimum atomic E-state index is -0.379. The summed E-state index contributed by atoms with van der Waals surface area (Å²) in [5.41, 5.74) is 6.77. The van der Waals surface area contributed by atoms with Gasteiger partial charge in [0, 0.05) is 17.6 Å². The van der Waals surface area contributed by atoms with Gasteiger partial charge in [0.15, 0.2) is 5.75 Å². The molecule has 2 aromatic rings. The topological polar surface area (TPSA) is 83.5 Å².